The molecule has 0 saturated heterocycles. The second-order valence-corrected chi connectivity index (χ2v) is 4.44. The fourth-order valence-corrected chi connectivity index (χ4v) is 2.12. The number of anilines is 1. The molecular formula is C12H15N7. The molecule has 7 heteroatoms. The number of nitrogens with zero attached hydrogens (tertiary/aromatic N) is 6. The van der Waals surface area contributed by atoms with Crippen LogP contribution in [0.15, 0.2) is 24.7 Å². The van der Waals surface area contributed by atoms with Gasteiger partial charge in [0.2, 0.25) is 5.95 Å². The van der Waals surface area contributed by atoms with E-state index in [9.17, 15) is 0 Å². The van der Waals surface area contributed by atoms with Gasteiger partial charge in [-0.05, 0) is 25.0 Å². The third-order valence-electron chi connectivity index (χ3n) is 3.11. The van der Waals surface area contributed by atoms with E-state index >= 15 is 0 Å². The van der Waals surface area contributed by atoms with E-state index in [1.807, 2.05) is 23.8 Å². The summed E-state index contributed by atoms with van der Waals surface area (Å²) in [6.45, 7) is 3.57. The Morgan fingerprint density at radius 2 is 2.16 bits per heavy atom. The predicted molar refractivity (Wildman–Crippen MR) is 71.3 cm³/mol. The highest BCUT2D eigenvalue weighted by Crippen LogP contribution is 2.18. The van der Waals surface area contributed by atoms with E-state index in [-0.39, 0.29) is 0 Å². The summed E-state index contributed by atoms with van der Waals surface area (Å²) in [6, 6.07) is 1.94. The van der Waals surface area contributed by atoms with Gasteiger partial charge < -0.3 is 5.73 Å². The lowest BCUT2D eigenvalue weighted by atomic mass is 10.3. The van der Waals surface area contributed by atoms with Crippen LogP contribution < -0.4 is 5.73 Å². The first-order valence-corrected chi connectivity index (χ1v) is 6.17. The van der Waals surface area contributed by atoms with Gasteiger partial charge in [-0.15, -0.1) is 5.10 Å². The molecule has 0 bridgehead atoms. The number of imidazole rings is 1. The number of fused-ring (bicyclic) bond motifs is 1. The molecule has 0 atom stereocenters. The molecule has 3 aromatic rings. The van der Waals surface area contributed by atoms with Crippen LogP contribution in [0.25, 0.3) is 11.2 Å². The van der Waals surface area contributed by atoms with Crippen LogP contribution in [-0.4, -0.2) is 29.5 Å². The Hall–Kier alpha value is -2.44. The van der Waals surface area contributed by atoms with Gasteiger partial charge in [0.1, 0.15) is 5.52 Å². The number of aryl methyl sites for hydroxylation is 3. The highest BCUT2D eigenvalue weighted by Gasteiger charge is 2.10. The maximum atomic E-state index is 5.96. The van der Waals surface area contributed by atoms with Crippen molar-refractivity contribution in [1.29, 1.82) is 0 Å². The Bertz CT molecular complexity index is 683. The molecule has 0 aliphatic rings. The minimum Gasteiger partial charge on any atom is -0.369 e. The summed E-state index contributed by atoms with van der Waals surface area (Å²) in [6.07, 6.45) is 6.20. The predicted octanol–water partition coefficient (Wildman–Crippen LogP) is 1.00. The number of nitrogen functional groups attached to an aromatic ring is 1. The summed E-state index contributed by atoms with van der Waals surface area (Å²) in [5.74, 6) is 0.510. The molecule has 0 fully saturated rings. The Kier molecular flexibility index (Phi) is 2.86. The van der Waals surface area contributed by atoms with E-state index in [1.165, 1.54) is 0 Å². The summed E-state index contributed by atoms with van der Waals surface area (Å²) in [5, 5.41) is 7.70. The van der Waals surface area contributed by atoms with Crippen LogP contribution >= 0.6 is 0 Å². The summed E-state index contributed by atoms with van der Waals surface area (Å²) in [5.41, 5.74) is 8.77. The van der Waals surface area contributed by atoms with Gasteiger partial charge in [-0.25, -0.2) is 9.97 Å². The monoisotopic (exact) mass is 257 g/mol. The quantitative estimate of drug-likeness (QED) is 0.753. The van der Waals surface area contributed by atoms with Crippen LogP contribution in [0.5, 0.6) is 0 Å². The highest BCUT2D eigenvalue weighted by molar-refractivity contribution is 5.77. The molecule has 3 rings (SSSR count). The first-order chi connectivity index (χ1) is 9.25. The van der Waals surface area contributed by atoms with Crippen molar-refractivity contribution >= 4 is 17.1 Å². The van der Waals surface area contributed by atoms with Gasteiger partial charge >= 0.3 is 0 Å². The van der Waals surface area contributed by atoms with E-state index in [1.54, 1.807) is 17.1 Å². The lowest BCUT2D eigenvalue weighted by Crippen LogP contribution is -2.08. The average molecular weight is 257 g/mol. The molecule has 0 spiro atoms. The number of nitrogens with two attached hydrogens (primary N) is 1. The number of hydrogen-bond acceptors (Lipinski definition) is 5. The normalized spacial score (nSPS) is 11.2. The van der Waals surface area contributed by atoms with Gasteiger partial charge in [-0.2, -0.15) is 0 Å². The van der Waals surface area contributed by atoms with Gasteiger partial charge in [0.25, 0.3) is 0 Å². The van der Waals surface area contributed by atoms with Crippen molar-refractivity contribution in [1.82, 2.24) is 29.5 Å². The molecule has 7 nitrogen and oxygen atoms in total. The maximum absolute atomic E-state index is 5.96. The molecule has 98 valence electrons. The minimum absolute atomic E-state index is 0.510. The fraction of sp³-hybridized carbons (Fsp3) is 0.333. The SMILES string of the molecule is Cc1ccnc2c1nc(N)n2CCCn1ccnn1. The van der Waals surface area contributed by atoms with E-state index in [2.05, 4.69) is 20.3 Å². The first kappa shape index (κ1) is 11.6. The number of pyridine rings is 1. The number of rotatable bonds is 4. The molecule has 3 heterocycles. The van der Waals surface area contributed by atoms with E-state index in [4.69, 9.17) is 5.73 Å². The van der Waals surface area contributed by atoms with Crippen molar-refractivity contribution in [3.8, 4) is 0 Å². The van der Waals surface area contributed by atoms with Crippen LogP contribution in [0.3, 0.4) is 0 Å². The van der Waals surface area contributed by atoms with Crippen LogP contribution in [0, 0.1) is 6.92 Å². The van der Waals surface area contributed by atoms with Crippen LogP contribution in [0.4, 0.5) is 5.95 Å². The lowest BCUT2D eigenvalue weighted by Gasteiger charge is -2.05. The van der Waals surface area contributed by atoms with E-state index < -0.39 is 0 Å². The molecule has 3 aromatic heterocycles. The zero-order chi connectivity index (χ0) is 13.2. The van der Waals surface area contributed by atoms with Crippen LogP contribution in [0.1, 0.15) is 12.0 Å². The molecular weight excluding hydrogens is 242 g/mol. The van der Waals surface area contributed by atoms with Crippen molar-refractivity contribution in [2.24, 2.45) is 0 Å². The number of hydrogen-bond donors (Lipinski definition) is 1. The Morgan fingerprint density at radius 3 is 2.95 bits per heavy atom. The smallest absolute Gasteiger partial charge is 0.202 e. The zero-order valence-electron chi connectivity index (χ0n) is 10.7. The maximum Gasteiger partial charge on any atom is 0.202 e. The van der Waals surface area contributed by atoms with Crippen LogP contribution in [0.2, 0.25) is 0 Å². The fourth-order valence-electron chi connectivity index (χ4n) is 2.12. The second kappa shape index (κ2) is 4.68. The van der Waals surface area contributed by atoms with Crippen molar-refractivity contribution in [3.63, 3.8) is 0 Å². The van der Waals surface area contributed by atoms with Gasteiger partial charge in [-0.3, -0.25) is 9.25 Å². The third-order valence-corrected chi connectivity index (χ3v) is 3.11. The van der Waals surface area contributed by atoms with Gasteiger partial charge in [0.05, 0.1) is 6.20 Å². The molecule has 0 aliphatic carbocycles. The lowest BCUT2D eigenvalue weighted by molar-refractivity contribution is 0.520. The Balaban J connectivity index is 1.81. The molecule has 0 aliphatic heterocycles. The minimum atomic E-state index is 0.510. The molecule has 0 radical (unpaired) electrons. The molecule has 0 aromatic carbocycles. The number of aromatic nitrogens is 6. The van der Waals surface area contributed by atoms with Crippen molar-refractivity contribution in [2.45, 2.75) is 26.4 Å². The van der Waals surface area contributed by atoms with Crippen molar-refractivity contribution in [2.75, 3.05) is 5.73 Å². The largest absolute Gasteiger partial charge is 0.369 e. The van der Waals surface area contributed by atoms with Gasteiger partial charge in [-0.1, -0.05) is 5.21 Å². The van der Waals surface area contributed by atoms with Gasteiger partial charge in [0, 0.05) is 25.5 Å². The molecule has 0 amide bonds. The molecule has 0 unspecified atom stereocenters. The second-order valence-electron chi connectivity index (χ2n) is 4.44. The standard InChI is InChI=1S/C12H15N7/c1-9-3-4-14-11-10(9)16-12(13)19(11)7-2-6-18-8-5-15-17-18/h3-5,8H,2,6-7H2,1H3,(H2,13,16). The summed E-state index contributed by atoms with van der Waals surface area (Å²) in [4.78, 5) is 8.74. The average Bonchev–Trinajstić information content (AvgIpc) is 3.00. The first-order valence-electron chi connectivity index (χ1n) is 6.17. The molecule has 2 N–H and O–H groups in total. The summed E-state index contributed by atoms with van der Waals surface area (Å²) >= 11 is 0. The zero-order valence-corrected chi connectivity index (χ0v) is 10.7. The van der Waals surface area contributed by atoms with Crippen molar-refractivity contribution < 1.29 is 0 Å². The highest BCUT2D eigenvalue weighted by atomic mass is 15.4. The Labute approximate surface area is 110 Å². The van der Waals surface area contributed by atoms with Crippen molar-refractivity contribution in [3.05, 3.63) is 30.2 Å². The molecule has 19 heavy (non-hydrogen) atoms. The summed E-state index contributed by atoms with van der Waals surface area (Å²) in [7, 11) is 0. The van der Waals surface area contributed by atoms with Crippen LogP contribution in [-0.2, 0) is 13.1 Å². The van der Waals surface area contributed by atoms with Gasteiger partial charge in [0.15, 0.2) is 5.65 Å². The topological polar surface area (TPSA) is 87.4 Å². The third kappa shape index (κ3) is 2.14. The Morgan fingerprint density at radius 1 is 1.26 bits per heavy atom. The summed E-state index contributed by atoms with van der Waals surface area (Å²) < 4.78 is 3.74. The van der Waals surface area contributed by atoms with E-state index in [0.29, 0.717) is 5.95 Å². The van der Waals surface area contributed by atoms with E-state index in [0.717, 1.165) is 36.2 Å². The molecule has 0 saturated carbocycles.